The Hall–Kier alpha value is -1.59. The molecule has 0 spiro atoms. The lowest BCUT2D eigenvalue weighted by Crippen LogP contribution is -2.60. The molecule has 8 nitrogen and oxygen atoms in total. The number of ether oxygens (including phenoxy) is 1. The van der Waals surface area contributed by atoms with Gasteiger partial charge in [-0.3, -0.25) is 4.79 Å². The monoisotopic (exact) mass is 527 g/mol. The molecule has 2 aliphatic rings. The van der Waals surface area contributed by atoms with E-state index in [0.717, 1.165) is 24.8 Å². The van der Waals surface area contributed by atoms with Gasteiger partial charge in [0.15, 0.2) is 0 Å². The van der Waals surface area contributed by atoms with Gasteiger partial charge in [0.25, 0.3) is 0 Å². The number of carbonyl (C=O) groups excluding carboxylic acids is 1. The Morgan fingerprint density at radius 2 is 1.97 bits per heavy atom. The maximum absolute atomic E-state index is 14.0. The largest absolute Gasteiger partial charge is 0.389 e. The summed E-state index contributed by atoms with van der Waals surface area (Å²) in [5.41, 5.74) is 1.45. The number of aliphatic hydroxyl groups is 1. The van der Waals surface area contributed by atoms with E-state index in [1.165, 1.54) is 16.4 Å². The van der Waals surface area contributed by atoms with Gasteiger partial charge in [0.1, 0.15) is 5.82 Å². The number of hydrogen-bond donors (Lipinski definition) is 3. The Balaban J connectivity index is 1.64. The molecule has 0 unspecified atom stereocenters. The molecule has 1 aromatic rings. The van der Waals surface area contributed by atoms with Crippen molar-refractivity contribution < 1.29 is 27.4 Å². The maximum atomic E-state index is 14.0. The highest BCUT2D eigenvalue weighted by Gasteiger charge is 2.41. The van der Waals surface area contributed by atoms with Crippen LogP contribution in [-0.4, -0.2) is 80.0 Å². The third-order valence-electron chi connectivity index (χ3n) is 7.05. The first-order valence-corrected chi connectivity index (χ1v) is 14.8. The van der Waals surface area contributed by atoms with Crippen LogP contribution in [-0.2, 0) is 26.0 Å². The van der Waals surface area contributed by atoms with E-state index in [1.807, 2.05) is 13.0 Å². The first-order chi connectivity index (χ1) is 17.1. The summed E-state index contributed by atoms with van der Waals surface area (Å²) in [6.07, 6.45) is 3.37. The molecule has 0 saturated carbocycles. The van der Waals surface area contributed by atoms with E-state index < -0.39 is 28.1 Å². The number of aryl methyl sites for hydroxylation is 1. The average Bonchev–Trinajstić information content (AvgIpc) is 3.24. The number of benzene rings is 1. The van der Waals surface area contributed by atoms with Crippen molar-refractivity contribution in [3.63, 3.8) is 0 Å². The molecule has 3 N–H and O–H groups in total. The fraction of sp³-hybridized carbons (Fsp3) is 0.731. The molecule has 10 heteroatoms. The number of nitrogens with one attached hydrogen (secondary N) is 2. The molecule has 1 amide bonds. The minimum absolute atomic E-state index is 0.00233. The minimum Gasteiger partial charge on any atom is -0.389 e. The lowest BCUT2D eigenvalue weighted by Gasteiger charge is -2.38. The van der Waals surface area contributed by atoms with Crippen molar-refractivity contribution in [2.24, 2.45) is 5.92 Å². The molecule has 0 aliphatic carbocycles. The van der Waals surface area contributed by atoms with Gasteiger partial charge in [-0.25, -0.2) is 17.1 Å². The molecule has 36 heavy (non-hydrogen) atoms. The Morgan fingerprint density at radius 1 is 1.25 bits per heavy atom. The van der Waals surface area contributed by atoms with Crippen LogP contribution in [0.5, 0.6) is 0 Å². The van der Waals surface area contributed by atoms with Crippen LogP contribution in [0.15, 0.2) is 18.2 Å². The van der Waals surface area contributed by atoms with Crippen molar-refractivity contribution in [3.8, 4) is 0 Å². The van der Waals surface area contributed by atoms with Gasteiger partial charge in [0.2, 0.25) is 15.9 Å². The quantitative estimate of drug-likeness (QED) is 0.320. The van der Waals surface area contributed by atoms with Gasteiger partial charge in [-0.2, -0.15) is 0 Å². The van der Waals surface area contributed by atoms with Crippen LogP contribution in [0.25, 0.3) is 0 Å². The number of rotatable bonds is 14. The summed E-state index contributed by atoms with van der Waals surface area (Å²) in [5.74, 6) is -1.03. The van der Waals surface area contributed by atoms with Crippen molar-refractivity contribution in [3.05, 3.63) is 35.1 Å². The highest BCUT2D eigenvalue weighted by molar-refractivity contribution is 7.89. The first kappa shape index (κ1) is 29.0. The lowest BCUT2D eigenvalue weighted by atomic mass is 9.93. The number of unbranched alkanes of at least 4 members (excludes halogenated alkanes) is 2. The smallest absolute Gasteiger partial charge is 0.226 e. The lowest BCUT2D eigenvalue weighted by molar-refractivity contribution is -0.130. The molecule has 0 aromatic heterocycles. The number of carbonyl (C=O) groups is 1. The third kappa shape index (κ3) is 7.95. The van der Waals surface area contributed by atoms with Gasteiger partial charge in [-0.1, -0.05) is 32.8 Å². The van der Waals surface area contributed by atoms with E-state index in [0.29, 0.717) is 31.6 Å². The molecule has 4 atom stereocenters. The maximum Gasteiger partial charge on any atom is 0.226 e. The fourth-order valence-corrected chi connectivity index (χ4v) is 6.55. The molecule has 2 fully saturated rings. The Kier molecular flexibility index (Phi) is 10.7. The Bertz CT molecular complexity index is 950. The zero-order chi connectivity index (χ0) is 26.3. The molecule has 2 saturated heterocycles. The van der Waals surface area contributed by atoms with Gasteiger partial charge < -0.3 is 20.5 Å². The van der Waals surface area contributed by atoms with Crippen LogP contribution < -0.4 is 10.6 Å². The van der Waals surface area contributed by atoms with E-state index >= 15 is 0 Å². The van der Waals surface area contributed by atoms with Crippen molar-refractivity contribution in [2.45, 2.75) is 83.6 Å². The van der Waals surface area contributed by atoms with Gasteiger partial charge in [-0.05, 0) is 55.9 Å². The molecule has 204 valence electrons. The second kappa shape index (κ2) is 13.3. The number of nitrogens with zero attached hydrogens (tertiary/aromatic N) is 1. The highest BCUT2D eigenvalue weighted by atomic mass is 32.2. The molecule has 0 bridgehead atoms. The summed E-state index contributed by atoms with van der Waals surface area (Å²) in [6.45, 7) is 7.43. The summed E-state index contributed by atoms with van der Waals surface area (Å²) in [4.78, 5) is 13.0. The number of amides is 1. The third-order valence-corrected chi connectivity index (χ3v) is 8.94. The predicted molar refractivity (Wildman–Crippen MR) is 138 cm³/mol. The summed E-state index contributed by atoms with van der Waals surface area (Å²) >= 11 is 0. The van der Waals surface area contributed by atoms with Crippen LogP contribution in [0, 0.1) is 18.7 Å². The van der Waals surface area contributed by atoms with Crippen molar-refractivity contribution in [1.82, 2.24) is 14.9 Å². The van der Waals surface area contributed by atoms with E-state index in [2.05, 4.69) is 17.6 Å². The van der Waals surface area contributed by atoms with Crippen LogP contribution in [0.4, 0.5) is 4.39 Å². The van der Waals surface area contributed by atoms with E-state index in [4.69, 9.17) is 4.74 Å². The zero-order valence-corrected chi connectivity index (χ0v) is 22.5. The fourth-order valence-electron chi connectivity index (χ4n) is 4.82. The Morgan fingerprint density at radius 3 is 2.64 bits per heavy atom. The van der Waals surface area contributed by atoms with Crippen LogP contribution >= 0.6 is 0 Å². The Labute approximate surface area is 215 Å². The van der Waals surface area contributed by atoms with Gasteiger partial charge in [-0.15, -0.1) is 0 Å². The molecule has 0 radical (unpaired) electrons. The molecular formula is C26H42FN3O5S. The minimum atomic E-state index is -3.35. The zero-order valence-electron chi connectivity index (χ0n) is 21.7. The first-order valence-electron chi connectivity index (χ1n) is 13.2. The molecule has 3 rings (SSSR count). The van der Waals surface area contributed by atoms with E-state index in [-0.39, 0.29) is 49.1 Å². The summed E-state index contributed by atoms with van der Waals surface area (Å²) in [5, 5.41) is 17.5. The van der Waals surface area contributed by atoms with E-state index in [9.17, 15) is 22.7 Å². The summed E-state index contributed by atoms with van der Waals surface area (Å²) in [7, 11) is -3.35. The van der Waals surface area contributed by atoms with Crippen molar-refractivity contribution in [2.75, 3.05) is 32.0 Å². The molecule has 2 aliphatic heterocycles. The number of sulfonamides is 1. The SMILES string of the molecule is CCCCO[C@H]1CN[C@@H]([C@@H](O)[C@H](Cc2cc(C)cc(F)c2)NC(=O)C2CN(S(=O)(=O)CCCC)C2)C1. The standard InChI is InChI=1S/C26H42FN3O5S/c1-4-6-8-35-22-14-23(28-15-22)25(31)24(13-19-10-18(3)11-21(27)12-19)29-26(32)20-16-30(17-20)36(33,34)9-7-5-2/h10-12,20,22-25,28,31H,4-9,13-17H2,1-3H3,(H,29,32)/t22-,23-,24+,25-/m1/s1. The van der Waals surface area contributed by atoms with Gasteiger partial charge in [0, 0.05) is 32.3 Å². The van der Waals surface area contributed by atoms with Crippen molar-refractivity contribution in [1.29, 1.82) is 0 Å². The average molecular weight is 528 g/mol. The van der Waals surface area contributed by atoms with Crippen molar-refractivity contribution >= 4 is 15.9 Å². The summed E-state index contributed by atoms with van der Waals surface area (Å²) in [6, 6.07) is 3.77. The topological polar surface area (TPSA) is 108 Å². The van der Waals surface area contributed by atoms with Crippen LogP contribution in [0.2, 0.25) is 0 Å². The molecule has 2 heterocycles. The van der Waals surface area contributed by atoms with Crippen LogP contribution in [0.3, 0.4) is 0 Å². The number of aliphatic hydroxyl groups excluding tert-OH is 1. The molecule has 1 aromatic carbocycles. The second-order valence-electron chi connectivity index (χ2n) is 10.2. The number of hydrogen-bond acceptors (Lipinski definition) is 6. The van der Waals surface area contributed by atoms with Crippen LogP contribution in [0.1, 0.15) is 57.1 Å². The van der Waals surface area contributed by atoms with Gasteiger partial charge in [0.05, 0.1) is 29.9 Å². The van der Waals surface area contributed by atoms with E-state index in [1.54, 1.807) is 6.92 Å². The van der Waals surface area contributed by atoms with Gasteiger partial charge >= 0.3 is 0 Å². The summed E-state index contributed by atoms with van der Waals surface area (Å²) < 4.78 is 46.0. The number of halogens is 1. The second-order valence-corrected chi connectivity index (χ2v) is 12.3. The molecular weight excluding hydrogens is 485 g/mol. The normalized spacial score (nSPS) is 22.8. The highest BCUT2D eigenvalue weighted by Crippen LogP contribution is 2.23. The predicted octanol–water partition coefficient (Wildman–Crippen LogP) is 2.13.